The first-order valence-electron chi connectivity index (χ1n) is 8.23. The van der Waals surface area contributed by atoms with E-state index in [0.717, 1.165) is 29.9 Å². The van der Waals surface area contributed by atoms with Gasteiger partial charge in [-0.3, -0.25) is 9.78 Å². The van der Waals surface area contributed by atoms with Crippen LogP contribution in [0.15, 0.2) is 30.7 Å². The zero-order valence-electron chi connectivity index (χ0n) is 14.1. The molecule has 0 N–H and O–H groups in total. The molecule has 2 aromatic rings. The Morgan fingerprint density at radius 2 is 2.12 bits per heavy atom. The van der Waals surface area contributed by atoms with Crippen molar-refractivity contribution in [3.8, 4) is 0 Å². The van der Waals surface area contributed by atoms with Gasteiger partial charge in [0.2, 0.25) is 0 Å². The maximum atomic E-state index is 12.6. The highest BCUT2D eigenvalue weighted by atomic mass is 16.5. The second kappa shape index (κ2) is 7.49. The maximum absolute atomic E-state index is 12.6. The molecule has 0 spiro atoms. The average Bonchev–Trinajstić information content (AvgIpc) is 2.60. The number of hydrogen-bond acceptors (Lipinski definition) is 5. The summed E-state index contributed by atoms with van der Waals surface area (Å²) < 4.78 is 5.81. The number of aryl methyl sites for hydroxylation is 3. The van der Waals surface area contributed by atoms with Crippen LogP contribution in [-0.4, -0.2) is 51.6 Å². The molecule has 2 aromatic heterocycles. The monoisotopic (exact) mass is 326 g/mol. The Morgan fingerprint density at radius 3 is 2.88 bits per heavy atom. The molecule has 1 aliphatic rings. The zero-order valence-corrected chi connectivity index (χ0v) is 14.1. The van der Waals surface area contributed by atoms with Gasteiger partial charge in [0.05, 0.1) is 18.3 Å². The van der Waals surface area contributed by atoms with Gasteiger partial charge in [0.1, 0.15) is 6.33 Å². The topological polar surface area (TPSA) is 68.2 Å². The summed E-state index contributed by atoms with van der Waals surface area (Å²) in [6.45, 7) is 5.66. The Labute approximate surface area is 141 Å². The Morgan fingerprint density at radius 1 is 1.25 bits per heavy atom. The summed E-state index contributed by atoms with van der Waals surface area (Å²) in [5.74, 6) is 0.0219. The molecular weight excluding hydrogens is 304 g/mol. The van der Waals surface area contributed by atoms with Crippen molar-refractivity contribution >= 4 is 5.91 Å². The van der Waals surface area contributed by atoms with Gasteiger partial charge in [-0.25, -0.2) is 9.97 Å². The fourth-order valence-electron chi connectivity index (χ4n) is 2.81. The fraction of sp³-hybridized carbons (Fsp3) is 0.444. The van der Waals surface area contributed by atoms with Crippen LogP contribution in [0, 0.1) is 13.8 Å². The quantitative estimate of drug-likeness (QED) is 0.859. The minimum absolute atomic E-state index is 0.0219. The lowest BCUT2D eigenvalue weighted by atomic mass is 10.1. The molecule has 6 nitrogen and oxygen atoms in total. The Kier molecular flexibility index (Phi) is 5.15. The molecule has 1 fully saturated rings. The standard InChI is InChI=1S/C18H22N4O2/c1-13-3-4-15(10-19-13)18(23)22-7-8-24-17(11-22)6-5-16-9-14(2)20-12-21-16/h3-4,9-10,12,17H,5-8,11H2,1-2H3/t17-/m0/s1. The molecule has 1 amide bonds. The van der Waals surface area contributed by atoms with Gasteiger partial charge in [0, 0.05) is 36.4 Å². The molecule has 126 valence electrons. The molecule has 1 aliphatic heterocycles. The summed E-state index contributed by atoms with van der Waals surface area (Å²) in [6, 6.07) is 5.69. The highest BCUT2D eigenvalue weighted by Gasteiger charge is 2.25. The molecule has 0 unspecified atom stereocenters. The molecule has 0 saturated carbocycles. The van der Waals surface area contributed by atoms with E-state index in [1.807, 2.05) is 36.9 Å². The second-order valence-electron chi connectivity index (χ2n) is 6.12. The third-order valence-electron chi connectivity index (χ3n) is 4.17. The van der Waals surface area contributed by atoms with Crippen LogP contribution in [-0.2, 0) is 11.2 Å². The first-order valence-corrected chi connectivity index (χ1v) is 8.23. The fourth-order valence-corrected chi connectivity index (χ4v) is 2.81. The van der Waals surface area contributed by atoms with E-state index in [1.54, 1.807) is 12.5 Å². The molecule has 3 heterocycles. The van der Waals surface area contributed by atoms with Gasteiger partial charge in [-0.2, -0.15) is 0 Å². The summed E-state index contributed by atoms with van der Waals surface area (Å²) in [4.78, 5) is 27.0. The number of hydrogen-bond donors (Lipinski definition) is 0. The lowest BCUT2D eigenvalue weighted by Gasteiger charge is -2.33. The molecule has 0 bridgehead atoms. The van der Waals surface area contributed by atoms with Crippen LogP contribution in [0.1, 0.15) is 33.9 Å². The van der Waals surface area contributed by atoms with Crippen LogP contribution >= 0.6 is 0 Å². The van der Waals surface area contributed by atoms with E-state index >= 15 is 0 Å². The van der Waals surface area contributed by atoms with Gasteiger partial charge < -0.3 is 9.64 Å². The van der Waals surface area contributed by atoms with Crippen molar-refractivity contribution < 1.29 is 9.53 Å². The molecule has 6 heteroatoms. The van der Waals surface area contributed by atoms with Crippen molar-refractivity contribution in [1.82, 2.24) is 19.9 Å². The number of carbonyl (C=O) groups is 1. The minimum Gasteiger partial charge on any atom is -0.375 e. The lowest BCUT2D eigenvalue weighted by molar-refractivity contribution is -0.0247. The normalized spacial score (nSPS) is 17.8. The smallest absolute Gasteiger partial charge is 0.255 e. The first kappa shape index (κ1) is 16.5. The Bertz CT molecular complexity index is 702. The highest BCUT2D eigenvalue weighted by molar-refractivity contribution is 5.94. The van der Waals surface area contributed by atoms with Crippen molar-refractivity contribution in [2.24, 2.45) is 0 Å². The number of rotatable bonds is 4. The largest absolute Gasteiger partial charge is 0.375 e. The summed E-state index contributed by atoms with van der Waals surface area (Å²) in [5.41, 5.74) is 3.52. The predicted octanol–water partition coefficient (Wildman–Crippen LogP) is 1.96. The number of carbonyl (C=O) groups excluding carboxylic acids is 1. The average molecular weight is 326 g/mol. The van der Waals surface area contributed by atoms with Crippen molar-refractivity contribution in [2.75, 3.05) is 19.7 Å². The maximum Gasteiger partial charge on any atom is 0.255 e. The second-order valence-corrected chi connectivity index (χ2v) is 6.12. The van der Waals surface area contributed by atoms with Crippen LogP contribution in [0.25, 0.3) is 0 Å². The molecule has 1 saturated heterocycles. The molecule has 3 rings (SSSR count). The van der Waals surface area contributed by atoms with Crippen molar-refractivity contribution in [2.45, 2.75) is 32.8 Å². The highest BCUT2D eigenvalue weighted by Crippen LogP contribution is 2.14. The van der Waals surface area contributed by atoms with Crippen LogP contribution in [0.4, 0.5) is 0 Å². The van der Waals surface area contributed by atoms with Gasteiger partial charge in [0.25, 0.3) is 5.91 Å². The molecule has 0 aromatic carbocycles. The number of nitrogens with zero attached hydrogens (tertiary/aromatic N) is 4. The van der Waals surface area contributed by atoms with E-state index in [9.17, 15) is 4.79 Å². The minimum atomic E-state index is 0.0219. The summed E-state index contributed by atoms with van der Waals surface area (Å²) >= 11 is 0. The Balaban J connectivity index is 1.57. The van der Waals surface area contributed by atoms with E-state index < -0.39 is 0 Å². The SMILES string of the molecule is Cc1ccc(C(=O)N2CCO[C@@H](CCc3cc(C)ncn3)C2)cn1. The van der Waals surface area contributed by atoms with E-state index in [0.29, 0.717) is 25.3 Å². The van der Waals surface area contributed by atoms with Gasteiger partial charge in [-0.15, -0.1) is 0 Å². The third kappa shape index (κ3) is 4.14. The summed E-state index contributed by atoms with van der Waals surface area (Å²) in [6.07, 6.45) is 4.93. The van der Waals surface area contributed by atoms with Crippen LogP contribution < -0.4 is 0 Å². The Hall–Kier alpha value is -2.34. The molecule has 0 aliphatic carbocycles. The molecule has 24 heavy (non-hydrogen) atoms. The van der Waals surface area contributed by atoms with Gasteiger partial charge in [-0.1, -0.05) is 0 Å². The van der Waals surface area contributed by atoms with Crippen LogP contribution in [0.5, 0.6) is 0 Å². The first-order chi connectivity index (χ1) is 11.6. The lowest BCUT2D eigenvalue weighted by Crippen LogP contribution is -2.45. The van der Waals surface area contributed by atoms with E-state index in [2.05, 4.69) is 15.0 Å². The van der Waals surface area contributed by atoms with Crippen LogP contribution in [0.2, 0.25) is 0 Å². The van der Waals surface area contributed by atoms with Crippen molar-refractivity contribution in [1.29, 1.82) is 0 Å². The summed E-state index contributed by atoms with van der Waals surface area (Å²) in [7, 11) is 0. The van der Waals surface area contributed by atoms with Crippen molar-refractivity contribution in [3.05, 3.63) is 53.4 Å². The molecule has 1 atom stereocenters. The van der Waals surface area contributed by atoms with Gasteiger partial charge >= 0.3 is 0 Å². The number of pyridine rings is 1. The predicted molar refractivity (Wildman–Crippen MR) is 89.7 cm³/mol. The van der Waals surface area contributed by atoms with E-state index in [-0.39, 0.29) is 12.0 Å². The molecular formula is C18H22N4O2. The number of morpholine rings is 1. The van der Waals surface area contributed by atoms with Gasteiger partial charge in [0.15, 0.2) is 0 Å². The summed E-state index contributed by atoms with van der Waals surface area (Å²) in [5, 5.41) is 0. The molecule has 0 radical (unpaired) electrons. The van der Waals surface area contributed by atoms with Gasteiger partial charge in [-0.05, 0) is 44.9 Å². The number of aromatic nitrogens is 3. The number of ether oxygens (including phenoxy) is 1. The van der Waals surface area contributed by atoms with Crippen molar-refractivity contribution in [3.63, 3.8) is 0 Å². The number of amides is 1. The zero-order chi connectivity index (χ0) is 16.9. The van der Waals surface area contributed by atoms with E-state index in [4.69, 9.17) is 4.74 Å². The third-order valence-corrected chi connectivity index (χ3v) is 4.17. The van der Waals surface area contributed by atoms with E-state index in [1.165, 1.54) is 0 Å². The van der Waals surface area contributed by atoms with Crippen LogP contribution in [0.3, 0.4) is 0 Å².